The van der Waals surface area contributed by atoms with Crippen LogP contribution in [-0.4, -0.2) is 29.4 Å². The number of ketones is 1. The topological polar surface area (TPSA) is 38.8 Å². The summed E-state index contributed by atoms with van der Waals surface area (Å²) in [6.45, 7) is 1.38. The van der Waals surface area contributed by atoms with E-state index in [1.165, 1.54) is 5.56 Å². The molecule has 0 bridgehead atoms. The van der Waals surface area contributed by atoms with Crippen molar-refractivity contribution in [2.75, 3.05) is 6.61 Å². The lowest BCUT2D eigenvalue weighted by molar-refractivity contribution is -0.280. The number of allylic oxidation sites excluding steroid dienone is 1. The van der Waals surface area contributed by atoms with E-state index in [0.717, 1.165) is 30.5 Å². The number of carbonyl (C=O) groups is 1. The van der Waals surface area contributed by atoms with Crippen LogP contribution in [0.5, 0.6) is 0 Å². The lowest BCUT2D eigenvalue weighted by atomic mass is 9.93. The molecule has 33 heavy (non-hydrogen) atoms. The molecule has 2 atom stereocenters. The Morgan fingerprint density at radius 1 is 0.848 bits per heavy atom. The van der Waals surface area contributed by atoms with Crippen LogP contribution in [-0.2, 0) is 26.6 Å². The molecule has 1 fully saturated rings. The van der Waals surface area contributed by atoms with E-state index in [2.05, 4.69) is 53.4 Å². The average Bonchev–Trinajstić information content (AvgIpc) is 2.87. The van der Waals surface area contributed by atoms with Gasteiger partial charge in [0.25, 0.3) is 0 Å². The molecule has 0 N–H and O–H groups in total. The van der Waals surface area contributed by atoms with Crippen molar-refractivity contribution in [3.63, 3.8) is 0 Å². The highest BCUT2D eigenvalue weighted by Gasteiger charge is 2.43. The molecule has 168 valence electrons. The molecule has 4 heteroatoms. The van der Waals surface area contributed by atoms with Crippen molar-refractivity contribution in [1.29, 1.82) is 0 Å². The van der Waals surface area contributed by atoms with Gasteiger partial charge in [0.2, 0.25) is 5.79 Å². The van der Waals surface area contributed by atoms with Gasteiger partial charge >= 0.3 is 0 Å². The van der Waals surface area contributed by atoms with Gasteiger partial charge in [0.1, 0.15) is 0 Å². The van der Waals surface area contributed by atoms with E-state index in [0.29, 0.717) is 13.0 Å². The maximum Gasteiger partial charge on any atom is 0.222 e. The minimum Gasteiger partial charge on any atom is -0.369 e. The zero-order chi connectivity index (χ0) is 22.5. The molecule has 0 saturated carbocycles. The molecule has 0 aromatic heterocycles. The van der Waals surface area contributed by atoms with Crippen LogP contribution in [0, 0.1) is 0 Å². The predicted octanol–water partition coefficient (Wildman–Crippen LogP) is 5.44. The fourth-order valence-corrected chi connectivity index (χ4v) is 4.83. The molecule has 3 aromatic carbocycles. The summed E-state index contributed by atoms with van der Waals surface area (Å²) in [7, 11) is 0. The number of hydrogen-bond acceptors (Lipinski definition) is 4. The largest absolute Gasteiger partial charge is 0.369 e. The Balaban J connectivity index is 1.40. The zero-order valence-corrected chi connectivity index (χ0v) is 18.7. The summed E-state index contributed by atoms with van der Waals surface area (Å²) in [5, 5.41) is 0. The van der Waals surface area contributed by atoms with Crippen molar-refractivity contribution in [3.05, 3.63) is 120 Å². The van der Waals surface area contributed by atoms with Gasteiger partial charge in [-0.1, -0.05) is 91.0 Å². The molecule has 0 amide bonds. The maximum atomic E-state index is 12.3. The summed E-state index contributed by atoms with van der Waals surface area (Å²) >= 11 is 0. The lowest BCUT2D eigenvalue weighted by Gasteiger charge is -2.44. The van der Waals surface area contributed by atoms with Crippen molar-refractivity contribution in [1.82, 2.24) is 4.90 Å². The van der Waals surface area contributed by atoms with E-state index in [-0.39, 0.29) is 17.9 Å². The van der Waals surface area contributed by atoms with Crippen molar-refractivity contribution in [3.8, 4) is 0 Å². The molecule has 5 rings (SSSR count). The van der Waals surface area contributed by atoms with Crippen molar-refractivity contribution >= 4 is 5.78 Å². The highest BCUT2D eigenvalue weighted by Crippen LogP contribution is 2.41. The molecule has 1 saturated heterocycles. The van der Waals surface area contributed by atoms with E-state index < -0.39 is 5.79 Å². The predicted molar refractivity (Wildman–Crippen MR) is 128 cm³/mol. The molecular formula is C29H29NO3. The highest BCUT2D eigenvalue weighted by molar-refractivity contribution is 5.90. The summed E-state index contributed by atoms with van der Waals surface area (Å²) < 4.78 is 13.2. The Hall–Kier alpha value is -3.21. The summed E-state index contributed by atoms with van der Waals surface area (Å²) in [5.74, 6) is -0.765. The van der Waals surface area contributed by atoms with Crippen molar-refractivity contribution in [2.45, 2.75) is 43.7 Å². The summed E-state index contributed by atoms with van der Waals surface area (Å²) in [6.07, 6.45) is 5.70. The number of nitrogens with zero attached hydrogens (tertiary/aromatic N) is 1. The van der Waals surface area contributed by atoms with E-state index >= 15 is 0 Å². The first kappa shape index (κ1) is 21.6. The minimum atomic E-state index is -0.940. The van der Waals surface area contributed by atoms with Gasteiger partial charge in [0.15, 0.2) is 5.78 Å². The normalized spacial score (nSPS) is 22.3. The van der Waals surface area contributed by atoms with Crippen LogP contribution in [0.25, 0.3) is 0 Å². The van der Waals surface area contributed by atoms with Gasteiger partial charge in [-0.2, -0.15) is 0 Å². The number of benzene rings is 3. The van der Waals surface area contributed by atoms with Crippen LogP contribution in [0.1, 0.15) is 36.0 Å². The van der Waals surface area contributed by atoms with Crippen molar-refractivity contribution < 1.29 is 14.3 Å². The third kappa shape index (κ3) is 4.77. The number of carbonyl (C=O) groups excluding carboxylic acids is 1. The van der Waals surface area contributed by atoms with Gasteiger partial charge in [-0.25, -0.2) is 0 Å². The fraction of sp³-hybridized carbons (Fsp3) is 0.276. The molecule has 3 aromatic rings. The summed E-state index contributed by atoms with van der Waals surface area (Å²) in [6, 6.07) is 30.8. The van der Waals surface area contributed by atoms with Crippen LogP contribution >= 0.6 is 0 Å². The Labute approximate surface area is 195 Å². The number of rotatable bonds is 6. The third-order valence-corrected chi connectivity index (χ3v) is 6.49. The van der Waals surface area contributed by atoms with Gasteiger partial charge in [-0.3, -0.25) is 4.79 Å². The van der Waals surface area contributed by atoms with Crippen LogP contribution in [0.4, 0.5) is 0 Å². The molecule has 0 aliphatic carbocycles. The Morgan fingerprint density at radius 2 is 1.45 bits per heavy atom. The molecule has 0 radical (unpaired) electrons. The van der Waals surface area contributed by atoms with Gasteiger partial charge < -0.3 is 14.4 Å². The second-order valence-electron chi connectivity index (χ2n) is 8.76. The molecular weight excluding hydrogens is 410 g/mol. The quantitative estimate of drug-likeness (QED) is 0.513. The molecule has 2 aliphatic rings. The van der Waals surface area contributed by atoms with E-state index in [9.17, 15) is 4.79 Å². The Morgan fingerprint density at radius 3 is 2.09 bits per heavy atom. The van der Waals surface area contributed by atoms with Crippen LogP contribution in [0.3, 0.4) is 0 Å². The minimum absolute atomic E-state index is 0.0262. The standard InChI is InChI=1S/C29H29NO3/c31-27-16-18-30(22-23-10-4-1-5-11-23)26(20-27)21-28-17-19-32-29(33-28,24-12-6-2-7-13-24)25-14-8-3-9-15-25/h1-16,18,26,28H,17,19-22H2/t26-,28+/m0/s1. The first-order valence-corrected chi connectivity index (χ1v) is 11.7. The highest BCUT2D eigenvalue weighted by atomic mass is 16.7. The van der Waals surface area contributed by atoms with Gasteiger partial charge in [0, 0.05) is 36.3 Å². The first-order chi connectivity index (χ1) is 16.2. The molecule has 2 aliphatic heterocycles. The second kappa shape index (κ2) is 9.74. The average molecular weight is 440 g/mol. The second-order valence-corrected chi connectivity index (χ2v) is 8.76. The molecule has 4 nitrogen and oxygen atoms in total. The number of ether oxygens (including phenoxy) is 2. The van der Waals surface area contributed by atoms with E-state index in [1.54, 1.807) is 6.08 Å². The summed E-state index contributed by atoms with van der Waals surface area (Å²) in [5.41, 5.74) is 3.21. The number of hydrogen-bond donors (Lipinski definition) is 0. The van der Waals surface area contributed by atoms with Gasteiger partial charge in [0.05, 0.1) is 12.7 Å². The van der Waals surface area contributed by atoms with Crippen LogP contribution < -0.4 is 0 Å². The third-order valence-electron chi connectivity index (χ3n) is 6.49. The Bertz CT molecular complexity index is 1040. The SMILES string of the molecule is O=C1C=CN(Cc2ccccc2)[C@H](C[C@H]2CCOC(c3ccccc3)(c3ccccc3)O2)C1. The first-order valence-electron chi connectivity index (χ1n) is 11.7. The zero-order valence-electron chi connectivity index (χ0n) is 18.7. The Kier molecular flexibility index (Phi) is 6.38. The van der Waals surface area contributed by atoms with E-state index in [1.807, 2.05) is 48.7 Å². The maximum absolute atomic E-state index is 12.3. The molecule has 0 spiro atoms. The monoisotopic (exact) mass is 439 g/mol. The van der Waals surface area contributed by atoms with Crippen molar-refractivity contribution in [2.24, 2.45) is 0 Å². The molecule has 0 unspecified atom stereocenters. The van der Waals surface area contributed by atoms with Gasteiger partial charge in [-0.15, -0.1) is 0 Å². The fourth-order valence-electron chi connectivity index (χ4n) is 4.83. The molecule has 2 heterocycles. The van der Waals surface area contributed by atoms with Crippen LogP contribution in [0.2, 0.25) is 0 Å². The van der Waals surface area contributed by atoms with E-state index in [4.69, 9.17) is 9.47 Å². The van der Waals surface area contributed by atoms with Gasteiger partial charge in [-0.05, 0) is 24.5 Å². The smallest absolute Gasteiger partial charge is 0.222 e. The van der Waals surface area contributed by atoms with Crippen LogP contribution in [0.15, 0.2) is 103 Å². The lowest BCUT2D eigenvalue weighted by Crippen LogP contribution is -2.46. The summed E-state index contributed by atoms with van der Waals surface area (Å²) in [4.78, 5) is 14.6.